The predicted octanol–water partition coefficient (Wildman–Crippen LogP) is 7.67. The van der Waals surface area contributed by atoms with Crippen molar-refractivity contribution in [1.82, 2.24) is 4.57 Å². The summed E-state index contributed by atoms with van der Waals surface area (Å²) in [4.78, 5) is 14.3. The molecular weight excluding hydrogens is 442 g/mol. The van der Waals surface area contributed by atoms with E-state index < -0.39 is 0 Å². The number of hydrogen-bond acceptors (Lipinski definition) is 4. The van der Waals surface area contributed by atoms with Crippen LogP contribution in [0.25, 0.3) is 27.9 Å². The summed E-state index contributed by atoms with van der Waals surface area (Å²) in [5.41, 5.74) is 4.53. The number of carbonyl (C=O) groups excluding carboxylic acids is 1. The minimum atomic E-state index is 0.0175. The quantitative estimate of drug-likeness (QED) is 0.142. The summed E-state index contributed by atoms with van der Waals surface area (Å²) in [5, 5.41) is 4.33. The third-order valence-electron chi connectivity index (χ3n) is 6.56. The lowest BCUT2D eigenvalue weighted by molar-refractivity contribution is 0.104. The molecule has 2 aromatic heterocycles. The van der Waals surface area contributed by atoms with Crippen LogP contribution >= 0.6 is 11.3 Å². The van der Waals surface area contributed by atoms with Crippen molar-refractivity contribution in [3.05, 3.63) is 63.9 Å². The average Bonchev–Trinajstić information content (AvgIpc) is 3.44. The normalized spacial score (nSPS) is 13.4. The number of fused-ring (bicyclic) bond motifs is 4. The molecule has 5 rings (SSSR count). The Morgan fingerprint density at radius 1 is 1.06 bits per heavy atom. The number of allylic oxidation sites excluding steroid dienone is 1. The fourth-order valence-corrected chi connectivity index (χ4v) is 5.75. The predicted molar refractivity (Wildman–Crippen MR) is 142 cm³/mol. The van der Waals surface area contributed by atoms with E-state index in [1.54, 1.807) is 6.08 Å². The monoisotopic (exact) mass is 473 g/mol. The first-order chi connectivity index (χ1) is 16.7. The maximum atomic E-state index is 13.3. The van der Waals surface area contributed by atoms with Gasteiger partial charge < -0.3 is 14.0 Å². The summed E-state index contributed by atoms with van der Waals surface area (Å²) in [7, 11) is 0. The van der Waals surface area contributed by atoms with E-state index in [1.807, 2.05) is 11.5 Å². The lowest BCUT2D eigenvalue weighted by Gasteiger charge is -2.15. The molecule has 0 saturated carbocycles. The van der Waals surface area contributed by atoms with Crippen LogP contribution in [0.15, 0.2) is 47.9 Å². The number of aromatic nitrogens is 1. The number of hydrogen-bond donors (Lipinski definition) is 0. The second kappa shape index (κ2) is 10.1. The van der Waals surface area contributed by atoms with Crippen LogP contribution in [-0.4, -0.2) is 23.6 Å². The van der Waals surface area contributed by atoms with E-state index >= 15 is 0 Å². The Morgan fingerprint density at radius 3 is 2.76 bits per heavy atom. The second-order valence-electron chi connectivity index (χ2n) is 8.79. The minimum absolute atomic E-state index is 0.0175. The molecule has 0 fully saturated rings. The number of carbonyl (C=O) groups is 1. The first kappa shape index (κ1) is 22.7. The third kappa shape index (κ3) is 4.25. The lowest BCUT2D eigenvalue weighted by Crippen LogP contribution is -2.14. The van der Waals surface area contributed by atoms with E-state index in [0.717, 1.165) is 41.3 Å². The van der Waals surface area contributed by atoms with Gasteiger partial charge in [0.05, 0.1) is 10.4 Å². The number of ketones is 1. The van der Waals surface area contributed by atoms with E-state index in [9.17, 15) is 4.79 Å². The summed E-state index contributed by atoms with van der Waals surface area (Å²) >= 11 is 1.54. The van der Waals surface area contributed by atoms with Gasteiger partial charge in [-0.2, -0.15) is 0 Å². The smallest absolute Gasteiger partial charge is 0.185 e. The average molecular weight is 474 g/mol. The van der Waals surface area contributed by atoms with Gasteiger partial charge in [-0.25, -0.2) is 0 Å². The van der Waals surface area contributed by atoms with E-state index in [-0.39, 0.29) is 5.78 Å². The molecule has 0 bridgehead atoms. The molecule has 3 heterocycles. The van der Waals surface area contributed by atoms with Gasteiger partial charge in [0, 0.05) is 33.8 Å². The van der Waals surface area contributed by atoms with Gasteiger partial charge >= 0.3 is 0 Å². The number of nitrogens with zero attached hydrogens (tertiary/aromatic N) is 1. The molecule has 0 N–H and O–H groups in total. The van der Waals surface area contributed by atoms with Gasteiger partial charge in [-0.15, -0.1) is 11.3 Å². The molecule has 0 saturated heterocycles. The van der Waals surface area contributed by atoms with Crippen molar-refractivity contribution in [3.63, 3.8) is 0 Å². The number of thiophene rings is 1. The van der Waals surface area contributed by atoms with Gasteiger partial charge in [0.15, 0.2) is 17.3 Å². The molecule has 0 unspecified atom stereocenters. The number of ether oxygens (including phenoxy) is 2. The number of benzene rings is 2. The van der Waals surface area contributed by atoms with Gasteiger partial charge in [0.25, 0.3) is 0 Å². The molecule has 4 aromatic rings. The van der Waals surface area contributed by atoms with Crippen LogP contribution in [0.2, 0.25) is 0 Å². The van der Waals surface area contributed by atoms with Crippen molar-refractivity contribution < 1.29 is 14.3 Å². The van der Waals surface area contributed by atoms with Crippen molar-refractivity contribution in [3.8, 4) is 11.5 Å². The maximum Gasteiger partial charge on any atom is 0.185 e. The van der Waals surface area contributed by atoms with Crippen LogP contribution in [0.1, 0.15) is 60.3 Å². The molecule has 4 nitrogen and oxygen atoms in total. The molecule has 1 aliphatic rings. The molecule has 0 atom stereocenters. The van der Waals surface area contributed by atoms with E-state index in [1.165, 1.54) is 58.0 Å². The Hall–Kier alpha value is -3.05. The molecule has 34 heavy (non-hydrogen) atoms. The molecular formula is C29H31NO3S. The number of rotatable bonds is 9. The summed E-state index contributed by atoms with van der Waals surface area (Å²) in [6, 6.07) is 12.7. The summed E-state index contributed by atoms with van der Waals surface area (Å²) < 4.78 is 13.8. The Balaban J connectivity index is 1.54. The van der Waals surface area contributed by atoms with Crippen molar-refractivity contribution in [2.24, 2.45) is 0 Å². The standard InChI is InChI=1S/C29H31NO3S/c1-3-5-6-7-10-20-17-21(18-23-22-11-8-9-12-24(22)30(4-2)28(20)23)25(31)13-14-27-29-26(19-34-27)32-15-16-33-29/h8-9,11-14,17-19H,3-7,10,15-16H2,1-2H3/b14-13+. The van der Waals surface area contributed by atoms with E-state index in [4.69, 9.17) is 9.47 Å². The van der Waals surface area contributed by atoms with Crippen molar-refractivity contribution in [1.29, 1.82) is 0 Å². The number of aryl methyl sites for hydroxylation is 2. The molecule has 1 aliphatic heterocycles. The topological polar surface area (TPSA) is 40.5 Å². The van der Waals surface area contributed by atoms with Crippen LogP contribution in [-0.2, 0) is 13.0 Å². The molecule has 0 amide bonds. The van der Waals surface area contributed by atoms with Crippen LogP contribution in [0.4, 0.5) is 0 Å². The summed E-state index contributed by atoms with van der Waals surface area (Å²) in [5.74, 6) is 1.54. The zero-order valence-electron chi connectivity index (χ0n) is 19.9. The molecule has 0 spiro atoms. The van der Waals surface area contributed by atoms with Crippen LogP contribution in [0.3, 0.4) is 0 Å². The highest BCUT2D eigenvalue weighted by atomic mass is 32.1. The van der Waals surface area contributed by atoms with Gasteiger partial charge in [-0.1, -0.05) is 44.4 Å². The first-order valence-corrected chi connectivity index (χ1v) is 13.2. The number of para-hydroxylation sites is 1. The highest BCUT2D eigenvalue weighted by Crippen LogP contribution is 2.40. The Morgan fingerprint density at radius 2 is 1.91 bits per heavy atom. The van der Waals surface area contributed by atoms with Gasteiger partial charge in [0.1, 0.15) is 13.2 Å². The molecule has 176 valence electrons. The second-order valence-corrected chi connectivity index (χ2v) is 9.70. The van der Waals surface area contributed by atoms with Gasteiger partial charge in [0.2, 0.25) is 0 Å². The summed E-state index contributed by atoms with van der Waals surface area (Å²) in [6.45, 7) is 6.45. The zero-order valence-corrected chi connectivity index (χ0v) is 20.7. The highest BCUT2D eigenvalue weighted by molar-refractivity contribution is 7.11. The van der Waals surface area contributed by atoms with Crippen molar-refractivity contribution >= 4 is 45.0 Å². The fourth-order valence-electron chi connectivity index (χ4n) is 4.92. The summed E-state index contributed by atoms with van der Waals surface area (Å²) in [6.07, 6.45) is 9.34. The van der Waals surface area contributed by atoms with Crippen molar-refractivity contribution in [2.45, 2.75) is 52.5 Å². The van der Waals surface area contributed by atoms with Gasteiger partial charge in [-0.3, -0.25) is 4.79 Å². The number of unbranched alkanes of at least 4 members (excludes halogenated alkanes) is 3. The maximum absolute atomic E-state index is 13.3. The highest BCUT2D eigenvalue weighted by Gasteiger charge is 2.19. The SMILES string of the molecule is CCCCCCc1cc(C(=O)/C=C/c2scc3c2OCCO3)cc2c3ccccc3n(CC)c12. The Bertz CT molecular complexity index is 1360. The van der Waals surface area contributed by atoms with Crippen LogP contribution < -0.4 is 9.47 Å². The zero-order chi connectivity index (χ0) is 23.5. The molecule has 0 radical (unpaired) electrons. The lowest BCUT2D eigenvalue weighted by atomic mass is 9.97. The third-order valence-corrected chi connectivity index (χ3v) is 7.47. The fraction of sp³-hybridized carbons (Fsp3) is 0.345. The largest absolute Gasteiger partial charge is 0.485 e. The van der Waals surface area contributed by atoms with Crippen molar-refractivity contribution in [2.75, 3.05) is 13.2 Å². The van der Waals surface area contributed by atoms with Crippen LogP contribution in [0.5, 0.6) is 11.5 Å². The minimum Gasteiger partial charge on any atom is -0.485 e. The Labute approximate surface area is 204 Å². The van der Waals surface area contributed by atoms with Gasteiger partial charge in [-0.05, 0) is 55.7 Å². The molecule has 5 heteroatoms. The Kier molecular flexibility index (Phi) is 6.73. The molecule has 2 aromatic carbocycles. The van der Waals surface area contributed by atoms with E-state index in [0.29, 0.717) is 13.2 Å². The first-order valence-electron chi connectivity index (χ1n) is 12.3. The van der Waals surface area contributed by atoms with E-state index in [2.05, 4.69) is 54.8 Å². The van der Waals surface area contributed by atoms with Crippen LogP contribution in [0, 0.1) is 0 Å². The molecule has 0 aliphatic carbocycles.